The Morgan fingerprint density at radius 1 is 1.23 bits per heavy atom. The van der Waals surface area contributed by atoms with Gasteiger partial charge in [0, 0.05) is 19.2 Å². The SMILES string of the molecule is Cc1coc(CC(=O)O)c1C(=O)N(C)CCc1ccccc1. The fourth-order valence-electron chi connectivity index (χ4n) is 2.29. The minimum Gasteiger partial charge on any atom is -0.481 e. The fraction of sp³-hybridized carbons (Fsp3) is 0.294. The Morgan fingerprint density at radius 3 is 2.55 bits per heavy atom. The summed E-state index contributed by atoms with van der Waals surface area (Å²) < 4.78 is 5.21. The van der Waals surface area contributed by atoms with Crippen molar-refractivity contribution in [1.82, 2.24) is 4.90 Å². The number of furan rings is 1. The molecule has 0 saturated carbocycles. The van der Waals surface area contributed by atoms with Gasteiger partial charge in [0.25, 0.3) is 5.91 Å². The molecule has 0 atom stereocenters. The van der Waals surface area contributed by atoms with E-state index >= 15 is 0 Å². The number of carboxylic acids is 1. The number of rotatable bonds is 6. The maximum atomic E-state index is 12.5. The summed E-state index contributed by atoms with van der Waals surface area (Å²) in [7, 11) is 1.71. The fourth-order valence-corrected chi connectivity index (χ4v) is 2.29. The van der Waals surface area contributed by atoms with Gasteiger partial charge in [0.05, 0.1) is 11.8 Å². The molecule has 1 aromatic heterocycles. The molecule has 22 heavy (non-hydrogen) atoms. The van der Waals surface area contributed by atoms with Crippen LogP contribution in [0.15, 0.2) is 41.0 Å². The number of aliphatic carboxylic acids is 1. The molecular weight excluding hydrogens is 282 g/mol. The first-order valence-corrected chi connectivity index (χ1v) is 7.07. The molecule has 1 amide bonds. The summed E-state index contributed by atoms with van der Waals surface area (Å²) >= 11 is 0. The molecule has 5 heteroatoms. The Balaban J connectivity index is 2.07. The van der Waals surface area contributed by atoms with E-state index in [0.717, 1.165) is 12.0 Å². The predicted molar refractivity (Wildman–Crippen MR) is 81.9 cm³/mol. The molecule has 2 aromatic rings. The molecule has 0 unspecified atom stereocenters. The van der Waals surface area contributed by atoms with E-state index in [1.165, 1.54) is 6.26 Å². The van der Waals surface area contributed by atoms with E-state index in [1.807, 2.05) is 30.3 Å². The number of carbonyl (C=O) groups excluding carboxylic acids is 1. The van der Waals surface area contributed by atoms with Crippen LogP contribution in [0.2, 0.25) is 0 Å². The summed E-state index contributed by atoms with van der Waals surface area (Å²) in [6, 6.07) is 9.89. The second-order valence-corrected chi connectivity index (χ2v) is 5.25. The summed E-state index contributed by atoms with van der Waals surface area (Å²) in [4.78, 5) is 25.0. The molecule has 0 aliphatic heterocycles. The number of hydrogen-bond donors (Lipinski definition) is 1. The first-order valence-electron chi connectivity index (χ1n) is 7.07. The third kappa shape index (κ3) is 3.75. The minimum atomic E-state index is -1.02. The average Bonchev–Trinajstić information content (AvgIpc) is 2.85. The predicted octanol–water partition coefficient (Wildman–Crippen LogP) is 2.53. The average molecular weight is 301 g/mol. The van der Waals surface area contributed by atoms with Crippen LogP contribution in [0.25, 0.3) is 0 Å². The lowest BCUT2D eigenvalue weighted by atomic mass is 10.1. The van der Waals surface area contributed by atoms with E-state index in [1.54, 1.807) is 18.9 Å². The standard InChI is InChI=1S/C17H19NO4/c1-12-11-22-14(10-15(19)20)16(12)17(21)18(2)9-8-13-6-4-3-5-7-13/h3-7,11H,8-10H2,1-2H3,(H,19,20). The van der Waals surface area contributed by atoms with E-state index in [0.29, 0.717) is 17.7 Å². The molecule has 1 N–H and O–H groups in total. The molecule has 1 heterocycles. The number of carboxylic acid groups (broad SMARTS) is 1. The van der Waals surface area contributed by atoms with Crippen molar-refractivity contribution in [2.24, 2.45) is 0 Å². The highest BCUT2D eigenvalue weighted by Crippen LogP contribution is 2.19. The molecule has 5 nitrogen and oxygen atoms in total. The van der Waals surface area contributed by atoms with Gasteiger partial charge in [-0.3, -0.25) is 9.59 Å². The quantitative estimate of drug-likeness (QED) is 0.890. The highest BCUT2D eigenvalue weighted by atomic mass is 16.4. The van der Waals surface area contributed by atoms with Gasteiger partial charge in [-0.2, -0.15) is 0 Å². The van der Waals surface area contributed by atoms with Crippen LogP contribution in [-0.4, -0.2) is 35.5 Å². The maximum absolute atomic E-state index is 12.5. The van der Waals surface area contributed by atoms with E-state index < -0.39 is 5.97 Å². The first kappa shape index (κ1) is 15.8. The molecule has 0 spiro atoms. The van der Waals surface area contributed by atoms with Crippen molar-refractivity contribution in [3.63, 3.8) is 0 Å². The Labute approximate surface area is 129 Å². The second-order valence-electron chi connectivity index (χ2n) is 5.25. The van der Waals surface area contributed by atoms with Gasteiger partial charge >= 0.3 is 5.97 Å². The highest BCUT2D eigenvalue weighted by molar-refractivity contribution is 5.97. The van der Waals surface area contributed by atoms with Crippen LogP contribution in [0, 0.1) is 6.92 Å². The van der Waals surface area contributed by atoms with Gasteiger partial charge in [0.15, 0.2) is 0 Å². The topological polar surface area (TPSA) is 70.7 Å². The van der Waals surface area contributed by atoms with Gasteiger partial charge in [-0.25, -0.2) is 0 Å². The zero-order chi connectivity index (χ0) is 16.1. The van der Waals surface area contributed by atoms with Crippen molar-refractivity contribution in [3.05, 3.63) is 59.0 Å². The van der Waals surface area contributed by atoms with Gasteiger partial charge < -0.3 is 14.4 Å². The Kier molecular flexibility index (Phi) is 4.99. The van der Waals surface area contributed by atoms with Crippen LogP contribution in [-0.2, 0) is 17.6 Å². The number of amides is 1. The molecule has 116 valence electrons. The van der Waals surface area contributed by atoms with Crippen molar-refractivity contribution < 1.29 is 19.1 Å². The monoisotopic (exact) mass is 301 g/mol. The largest absolute Gasteiger partial charge is 0.481 e. The van der Waals surface area contributed by atoms with E-state index in [4.69, 9.17) is 9.52 Å². The summed E-state index contributed by atoms with van der Waals surface area (Å²) in [5, 5.41) is 8.89. The third-order valence-electron chi connectivity index (χ3n) is 3.50. The van der Waals surface area contributed by atoms with Crippen LogP contribution in [0.4, 0.5) is 0 Å². The number of carbonyl (C=O) groups is 2. The van der Waals surface area contributed by atoms with Crippen LogP contribution in [0.5, 0.6) is 0 Å². The molecule has 2 rings (SSSR count). The van der Waals surface area contributed by atoms with Crippen molar-refractivity contribution in [2.75, 3.05) is 13.6 Å². The lowest BCUT2D eigenvalue weighted by Crippen LogP contribution is -2.30. The van der Waals surface area contributed by atoms with Crippen molar-refractivity contribution >= 4 is 11.9 Å². The molecule has 0 saturated heterocycles. The Morgan fingerprint density at radius 2 is 1.91 bits per heavy atom. The first-order chi connectivity index (χ1) is 10.5. The highest BCUT2D eigenvalue weighted by Gasteiger charge is 2.23. The molecule has 0 fully saturated rings. The van der Waals surface area contributed by atoms with Crippen LogP contribution in [0.3, 0.4) is 0 Å². The molecule has 0 radical (unpaired) electrons. The van der Waals surface area contributed by atoms with Gasteiger partial charge in [-0.1, -0.05) is 30.3 Å². The smallest absolute Gasteiger partial charge is 0.311 e. The van der Waals surface area contributed by atoms with E-state index in [-0.39, 0.29) is 18.1 Å². The minimum absolute atomic E-state index is 0.210. The number of nitrogens with zero attached hydrogens (tertiary/aromatic N) is 1. The van der Waals surface area contributed by atoms with Gasteiger partial charge in [-0.15, -0.1) is 0 Å². The number of benzene rings is 1. The Hall–Kier alpha value is -2.56. The molecular formula is C17H19NO4. The molecule has 0 aliphatic rings. The lowest BCUT2D eigenvalue weighted by Gasteiger charge is -2.17. The number of hydrogen-bond acceptors (Lipinski definition) is 3. The van der Waals surface area contributed by atoms with Crippen molar-refractivity contribution in [3.8, 4) is 0 Å². The second kappa shape index (κ2) is 6.93. The van der Waals surface area contributed by atoms with Crippen molar-refractivity contribution in [1.29, 1.82) is 0 Å². The summed E-state index contributed by atoms with van der Waals surface area (Å²) in [6.45, 7) is 2.30. The van der Waals surface area contributed by atoms with Crippen LogP contribution in [0.1, 0.15) is 27.2 Å². The van der Waals surface area contributed by atoms with Crippen LogP contribution >= 0.6 is 0 Å². The van der Waals surface area contributed by atoms with Gasteiger partial charge in [-0.05, 0) is 18.9 Å². The van der Waals surface area contributed by atoms with Gasteiger partial charge in [0.2, 0.25) is 0 Å². The molecule has 0 bridgehead atoms. The Bertz CT molecular complexity index is 661. The normalized spacial score (nSPS) is 10.5. The third-order valence-corrected chi connectivity index (χ3v) is 3.50. The zero-order valence-electron chi connectivity index (χ0n) is 12.7. The number of aryl methyl sites for hydroxylation is 1. The molecule has 1 aromatic carbocycles. The zero-order valence-corrected chi connectivity index (χ0v) is 12.7. The van der Waals surface area contributed by atoms with Gasteiger partial charge in [0.1, 0.15) is 12.2 Å². The summed E-state index contributed by atoms with van der Waals surface area (Å²) in [5.74, 6) is -1.02. The summed E-state index contributed by atoms with van der Waals surface area (Å²) in [5.41, 5.74) is 2.17. The maximum Gasteiger partial charge on any atom is 0.311 e. The molecule has 0 aliphatic carbocycles. The van der Waals surface area contributed by atoms with Crippen molar-refractivity contribution in [2.45, 2.75) is 19.8 Å². The van der Waals surface area contributed by atoms with E-state index in [9.17, 15) is 9.59 Å². The number of likely N-dealkylation sites (N-methyl/N-ethyl adjacent to an activating group) is 1. The van der Waals surface area contributed by atoms with Crippen LogP contribution < -0.4 is 0 Å². The summed E-state index contributed by atoms with van der Waals surface area (Å²) in [6.07, 6.45) is 1.88. The lowest BCUT2D eigenvalue weighted by molar-refractivity contribution is -0.136. The van der Waals surface area contributed by atoms with E-state index in [2.05, 4.69) is 0 Å².